The van der Waals surface area contributed by atoms with Crippen LogP contribution in [0.15, 0.2) is 30.5 Å². The predicted octanol–water partition coefficient (Wildman–Crippen LogP) is 4.65. The highest BCUT2D eigenvalue weighted by Crippen LogP contribution is 2.35. The fourth-order valence-corrected chi connectivity index (χ4v) is 2.18. The van der Waals surface area contributed by atoms with Crippen LogP contribution in [0.4, 0.5) is 17.6 Å². The highest BCUT2D eigenvalue weighted by atomic mass is 19.4. The number of aromatic nitrogens is 2. The van der Waals surface area contributed by atoms with Gasteiger partial charge in [-0.2, -0.15) is 18.3 Å². The summed E-state index contributed by atoms with van der Waals surface area (Å²) in [4.78, 5) is 12.2. The van der Waals surface area contributed by atoms with E-state index >= 15 is 0 Å². The van der Waals surface area contributed by atoms with Crippen molar-refractivity contribution < 1.29 is 22.4 Å². The van der Waals surface area contributed by atoms with Crippen LogP contribution in [0.2, 0.25) is 0 Å². The van der Waals surface area contributed by atoms with Crippen molar-refractivity contribution in [3.05, 3.63) is 47.5 Å². The lowest BCUT2D eigenvalue weighted by molar-refractivity contribution is -0.143. The van der Waals surface area contributed by atoms with Crippen molar-refractivity contribution in [1.82, 2.24) is 9.78 Å². The molecule has 0 aliphatic heterocycles. The minimum absolute atomic E-state index is 0.0357. The first-order chi connectivity index (χ1) is 10.5. The topological polar surface area (TPSA) is 34.9 Å². The average molecular weight is 328 g/mol. The summed E-state index contributed by atoms with van der Waals surface area (Å²) in [5.41, 5.74) is -2.03. The number of halogens is 4. The molecule has 2 rings (SSSR count). The summed E-state index contributed by atoms with van der Waals surface area (Å²) in [5.74, 6) is -1.20. The van der Waals surface area contributed by atoms with Gasteiger partial charge < -0.3 is 0 Å². The molecule has 7 heteroatoms. The molecule has 124 valence electrons. The van der Waals surface area contributed by atoms with E-state index in [9.17, 15) is 22.4 Å². The van der Waals surface area contributed by atoms with Crippen molar-refractivity contribution in [2.75, 3.05) is 0 Å². The van der Waals surface area contributed by atoms with Gasteiger partial charge in [0.15, 0.2) is 11.5 Å². The summed E-state index contributed by atoms with van der Waals surface area (Å²) in [6.45, 7) is 5.30. The van der Waals surface area contributed by atoms with Gasteiger partial charge in [-0.05, 0) is 29.7 Å². The number of carbonyl (C=O) groups excluding carboxylic acids is 1. The quantitative estimate of drug-likeness (QED) is 0.607. The highest BCUT2D eigenvalue weighted by molar-refractivity contribution is 5.97. The van der Waals surface area contributed by atoms with Gasteiger partial charge in [-0.25, -0.2) is 9.07 Å². The summed E-state index contributed by atoms with van der Waals surface area (Å²) in [7, 11) is 0. The summed E-state index contributed by atoms with van der Waals surface area (Å²) < 4.78 is 53.8. The average Bonchev–Trinajstić information content (AvgIpc) is 2.82. The molecule has 0 aliphatic carbocycles. The third-order valence-electron chi connectivity index (χ3n) is 3.10. The molecule has 1 aromatic heterocycles. The molecule has 1 heterocycles. The molecule has 0 saturated heterocycles. The van der Waals surface area contributed by atoms with Gasteiger partial charge >= 0.3 is 6.18 Å². The first kappa shape index (κ1) is 17.2. The van der Waals surface area contributed by atoms with Gasteiger partial charge in [0.05, 0.1) is 17.4 Å². The zero-order valence-electron chi connectivity index (χ0n) is 12.9. The molecule has 0 fully saturated rings. The molecule has 0 unspecified atom stereocenters. The van der Waals surface area contributed by atoms with E-state index in [4.69, 9.17) is 0 Å². The fraction of sp³-hybridized carbons (Fsp3) is 0.375. The van der Waals surface area contributed by atoms with E-state index in [1.54, 1.807) is 20.8 Å². The molecule has 0 bridgehead atoms. The van der Waals surface area contributed by atoms with Crippen molar-refractivity contribution in [3.63, 3.8) is 0 Å². The van der Waals surface area contributed by atoms with E-state index in [-0.39, 0.29) is 12.1 Å². The van der Waals surface area contributed by atoms with Crippen LogP contribution in [0.3, 0.4) is 0 Å². The Morgan fingerprint density at radius 3 is 2.17 bits per heavy atom. The number of Topliss-reactive ketones (excluding diaryl/α,β-unsaturated/α-hetero) is 1. The molecule has 1 aromatic carbocycles. The van der Waals surface area contributed by atoms with Gasteiger partial charge in [-0.3, -0.25) is 4.79 Å². The Kier molecular flexibility index (Phi) is 4.32. The number of nitrogens with zero attached hydrogens (tertiary/aromatic N) is 2. The second-order valence-electron chi connectivity index (χ2n) is 6.45. The van der Waals surface area contributed by atoms with Crippen molar-refractivity contribution in [1.29, 1.82) is 0 Å². The molecule has 0 spiro atoms. The van der Waals surface area contributed by atoms with Crippen molar-refractivity contribution in [2.45, 2.75) is 33.4 Å². The Morgan fingerprint density at radius 2 is 1.70 bits per heavy atom. The highest BCUT2D eigenvalue weighted by Gasteiger charge is 2.40. The molecule has 0 atom stereocenters. The molecular weight excluding hydrogens is 312 g/mol. The third-order valence-corrected chi connectivity index (χ3v) is 3.10. The van der Waals surface area contributed by atoms with Gasteiger partial charge in [0.25, 0.3) is 0 Å². The van der Waals surface area contributed by atoms with Crippen molar-refractivity contribution in [3.8, 4) is 5.69 Å². The Bertz CT molecular complexity index is 709. The van der Waals surface area contributed by atoms with Crippen LogP contribution in [0, 0.1) is 11.2 Å². The second-order valence-corrected chi connectivity index (χ2v) is 6.45. The first-order valence-corrected chi connectivity index (χ1v) is 6.93. The van der Waals surface area contributed by atoms with Crippen LogP contribution < -0.4 is 0 Å². The second kappa shape index (κ2) is 5.79. The third kappa shape index (κ3) is 3.97. The molecule has 2 aromatic rings. The lowest BCUT2D eigenvalue weighted by Gasteiger charge is -2.17. The molecular formula is C16H16F4N2O. The van der Waals surface area contributed by atoms with E-state index in [1.807, 2.05) is 0 Å². The molecule has 3 nitrogen and oxygen atoms in total. The van der Waals surface area contributed by atoms with E-state index in [0.717, 1.165) is 18.3 Å². The summed E-state index contributed by atoms with van der Waals surface area (Å²) in [6, 6.07) is 4.42. The normalized spacial score (nSPS) is 12.5. The molecule has 0 radical (unpaired) electrons. The van der Waals surface area contributed by atoms with Crippen LogP contribution in [0.25, 0.3) is 5.69 Å². The number of hydrogen-bond donors (Lipinski definition) is 0. The monoisotopic (exact) mass is 328 g/mol. The Labute approximate surface area is 130 Å². The van der Waals surface area contributed by atoms with E-state index in [1.165, 1.54) is 12.1 Å². The Morgan fingerprint density at radius 1 is 1.13 bits per heavy atom. The summed E-state index contributed by atoms with van der Waals surface area (Å²) >= 11 is 0. The maximum Gasteiger partial charge on any atom is 0.434 e. The van der Waals surface area contributed by atoms with E-state index in [2.05, 4.69) is 5.10 Å². The Balaban J connectivity index is 2.54. The smallest absolute Gasteiger partial charge is 0.294 e. The minimum atomic E-state index is -4.76. The predicted molar refractivity (Wildman–Crippen MR) is 76.9 cm³/mol. The Hall–Kier alpha value is -2.18. The minimum Gasteiger partial charge on any atom is -0.294 e. The number of hydrogen-bond acceptors (Lipinski definition) is 2. The van der Waals surface area contributed by atoms with Gasteiger partial charge in [-0.1, -0.05) is 20.8 Å². The first-order valence-electron chi connectivity index (χ1n) is 6.93. The van der Waals surface area contributed by atoms with Gasteiger partial charge in [0, 0.05) is 6.42 Å². The number of benzene rings is 1. The molecule has 0 saturated carbocycles. The number of rotatable bonds is 3. The van der Waals surface area contributed by atoms with E-state index in [0.29, 0.717) is 4.68 Å². The molecule has 23 heavy (non-hydrogen) atoms. The zero-order valence-corrected chi connectivity index (χ0v) is 12.9. The standard InChI is InChI=1S/C16H16F4N2O/c1-15(2,3)8-13(23)12-9-21-22(14(12)16(18,19)20)11-6-4-10(17)5-7-11/h4-7,9H,8H2,1-3H3. The summed E-state index contributed by atoms with van der Waals surface area (Å²) in [6.07, 6.45) is -3.88. The largest absolute Gasteiger partial charge is 0.434 e. The van der Waals surface area contributed by atoms with Gasteiger partial charge in [-0.15, -0.1) is 0 Å². The lowest BCUT2D eigenvalue weighted by Crippen LogP contribution is -2.20. The van der Waals surface area contributed by atoms with Crippen molar-refractivity contribution >= 4 is 5.78 Å². The van der Waals surface area contributed by atoms with Crippen LogP contribution in [-0.4, -0.2) is 15.6 Å². The van der Waals surface area contributed by atoms with Crippen LogP contribution in [0.1, 0.15) is 43.2 Å². The van der Waals surface area contributed by atoms with Crippen LogP contribution in [0.5, 0.6) is 0 Å². The molecule has 0 aliphatic rings. The lowest BCUT2D eigenvalue weighted by atomic mass is 9.88. The van der Waals surface area contributed by atoms with Gasteiger partial charge in [0.2, 0.25) is 0 Å². The van der Waals surface area contributed by atoms with Gasteiger partial charge in [0.1, 0.15) is 5.82 Å². The number of carbonyl (C=O) groups is 1. The van der Waals surface area contributed by atoms with Crippen molar-refractivity contribution in [2.24, 2.45) is 5.41 Å². The van der Waals surface area contributed by atoms with Crippen LogP contribution in [-0.2, 0) is 6.18 Å². The molecule has 0 amide bonds. The number of alkyl halides is 3. The van der Waals surface area contributed by atoms with E-state index < -0.39 is 34.4 Å². The maximum absolute atomic E-state index is 13.4. The number of ketones is 1. The fourth-order valence-electron chi connectivity index (χ4n) is 2.18. The molecule has 0 N–H and O–H groups in total. The summed E-state index contributed by atoms with van der Waals surface area (Å²) in [5, 5.41) is 3.69. The SMILES string of the molecule is CC(C)(C)CC(=O)c1cnn(-c2ccc(F)cc2)c1C(F)(F)F. The maximum atomic E-state index is 13.4. The zero-order chi connectivity index (χ0) is 17.4. The van der Waals surface area contributed by atoms with Crippen LogP contribution >= 0.6 is 0 Å².